The van der Waals surface area contributed by atoms with Crippen molar-refractivity contribution in [2.45, 2.75) is 19.4 Å². The number of ether oxygens (including phenoxy) is 1. The molecule has 1 atom stereocenters. The molecule has 0 spiro atoms. The summed E-state index contributed by atoms with van der Waals surface area (Å²) in [5.74, 6) is -0.181. The van der Waals surface area contributed by atoms with Crippen molar-refractivity contribution in [3.8, 4) is 0 Å². The molecule has 0 unspecified atom stereocenters. The molecule has 2 aromatic carbocycles. The minimum absolute atomic E-state index is 0.0286. The molecule has 4 aromatic rings. The van der Waals surface area contributed by atoms with Crippen LogP contribution in [0.15, 0.2) is 57.8 Å². The summed E-state index contributed by atoms with van der Waals surface area (Å²) in [6, 6.07) is 14.3. The largest absolute Gasteiger partial charge is 0.454 e. The van der Waals surface area contributed by atoms with E-state index < -0.39 is 12.1 Å². The van der Waals surface area contributed by atoms with E-state index in [2.05, 4.69) is 15.1 Å². The van der Waals surface area contributed by atoms with E-state index in [4.69, 9.17) is 9.26 Å². The quantitative estimate of drug-likeness (QED) is 0.569. The van der Waals surface area contributed by atoms with Gasteiger partial charge in [0.25, 0.3) is 5.56 Å². The smallest absolute Gasteiger partial charge is 0.312 e. The predicted molar refractivity (Wildman–Crippen MR) is 94.6 cm³/mol. The summed E-state index contributed by atoms with van der Waals surface area (Å²) in [6.07, 6.45) is -0.725. The molecule has 0 saturated heterocycles. The van der Waals surface area contributed by atoms with Crippen molar-refractivity contribution >= 4 is 27.8 Å². The summed E-state index contributed by atoms with van der Waals surface area (Å²) in [4.78, 5) is 31.4. The van der Waals surface area contributed by atoms with Crippen molar-refractivity contribution < 1.29 is 14.1 Å². The Kier molecular flexibility index (Phi) is 3.96. The molecule has 26 heavy (non-hydrogen) atoms. The Balaban J connectivity index is 1.53. The number of H-pyrrole nitrogens is 1. The molecule has 0 fully saturated rings. The van der Waals surface area contributed by atoms with E-state index in [0.29, 0.717) is 28.0 Å². The Hall–Kier alpha value is -3.48. The number of para-hydroxylation sites is 2. The van der Waals surface area contributed by atoms with Gasteiger partial charge in [0.2, 0.25) is 0 Å². The maximum atomic E-state index is 12.3. The minimum Gasteiger partial charge on any atom is -0.454 e. The summed E-state index contributed by atoms with van der Waals surface area (Å²) < 4.78 is 10.6. The molecular formula is C19H15N3O4. The zero-order valence-corrected chi connectivity index (χ0v) is 13.9. The van der Waals surface area contributed by atoms with Gasteiger partial charge < -0.3 is 14.2 Å². The molecule has 130 valence electrons. The van der Waals surface area contributed by atoms with Crippen LogP contribution in [0.2, 0.25) is 0 Å². The molecule has 0 bridgehead atoms. The van der Waals surface area contributed by atoms with Gasteiger partial charge in [0.1, 0.15) is 5.69 Å². The SMILES string of the molecule is C[C@@H](OC(=O)Cc1noc2ccccc12)c1nc2ccccc2c(=O)[nH]1. The van der Waals surface area contributed by atoms with Crippen LogP contribution in [0.25, 0.3) is 21.9 Å². The third-order valence-corrected chi connectivity index (χ3v) is 4.09. The fourth-order valence-electron chi connectivity index (χ4n) is 2.79. The molecule has 7 heteroatoms. The lowest BCUT2D eigenvalue weighted by Crippen LogP contribution is -2.18. The average molecular weight is 349 g/mol. The van der Waals surface area contributed by atoms with Crippen LogP contribution in [-0.2, 0) is 16.0 Å². The first kappa shape index (κ1) is 16.0. The molecule has 7 nitrogen and oxygen atoms in total. The molecular weight excluding hydrogens is 334 g/mol. The van der Waals surface area contributed by atoms with E-state index in [9.17, 15) is 9.59 Å². The standard InChI is InChI=1S/C19H15N3O4/c1-11(18-20-14-8-4-2-7-13(14)19(24)21-18)25-17(23)10-15-12-6-3-5-9-16(12)26-22-15/h2-9,11H,10H2,1H3,(H,20,21,24)/t11-/m1/s1. The average Bonchev–Trinajstić information content (AvgIpc) is 3.04. The second-order valence-corrected chi connectivity index (χ2v) is 5.90. The third kappa shape index (κ3) is 2.95. The molecule has 2 aromatic heterocycles. The summed E-state index contributed by atoms with van der Waals surface area (Å²) in [6.45, 7) is 1.66. The highest BCUT2D eigenvalue weighted by Crippen LogP contribution is 2.20. The molecule has 0 aliphatic heterocycles. The van der Waals surface area contributed by atoms with Crippen molar-refractivity contribution in [2.24, 2.45) is 0 Å². The first-order chi connectivity index (χ1) is 12.6. The van der Waals surface area contributed by atoms with Crippen molar-refractivity contribution in [2.75, 3.05) is 0 Å². The van der Waals surface area contributed by atoms with E-state index in [0.717, 1.165) is 5.39 Å². The number of benzene rings is 2. The molecule has 0 aliphatic carbocycles. The molecule has 4 rings (SSSR count). The Bertz CT molecular complexity index is 1160. The number of hydrogen-bond acceptors (Lipinski definition) is 6. The summed E-state index contributed by atoms with van der Waals surface area (Å²) in [5, 5.41) is 5.18. The number of carbonyl (C=O) groups excluding carboxylic acids is 1. The zero-order valence-electron chi connectivity index (χ0n) is 13.9. The van der Waals surface area contributed by atoms with E-state index >= 15 is 0 Å². The first-order valence-electron chi connectivity index (χ1n) is 8.13. The van der Waals surface area contributed by atoms with Gasteiger partial charge in [-0.25, -0.2) is 4.98 Å². The first-order valence-corrected chi connectivity index (χ1v) is 8.13. The molecule has 0 radical (unpaired) electrons. The van der Waals surface area contributed by atoms with E-state index in [1.807, 2.05) is 18.2 Å². The number of esters is 1. The van der Waals surface area contributed by atoms with E-state index in [1.165, 1.54) is 0 Å². The van der Waals surface area contributed by atoms with Gasteiger partial charge in [-0.05, 0) is 31.2 Å². The fraction of sp³-hybridized carbons (Fsp3) is 0.158. The Labute approximate surface area is 147 Å². The summed E-state index contributed by atoms with van der Waals surface area (Å²) >= 11 is 0. The van der Waals surface area contributed by atoms with Crippen molar-refractivity contribution in [1.82, 2.24) is 15.1 Å². The van der Waals surface area contributed by atoms with Gasteiger partial charge in [0.05, 0.1) is 17.3 Å². The third-order valence-electron chi connectivity index (χ3n) is 4.09. The van der Waals surface area contributed by atoms with Crippen LogP contribution in [0.1, 0.15) is 24.5 Å². The second-order valence-electron chi connectivity index (χ2n) is 5.90. The minimum atomic E-state index is -0.696. The number of nitrogens with zero attached hydrogens (tertiary/aromatic N) is 2. The molecule has 2 heterocycles. The lowest BCUT2D eigenvalue weighted by molar-refractivity contribution is -0.148. The highest BCUT2D eigenvalue weighted by Gasteiger charge is 2.18. The second kappa shape index (κ2) is 6.44. The van der Waals surface area contributed by atoms with Gasteiger partial charge >= 0.3 is 5.97 Å². The number of aromatic amines is 1. The molecule has 0 saturated carbocycles. The number of carbonyl (C=O) groups is 1. The van der Waals surface area contributed by atoms with Crippen LogP contribution >= 0.6 is 0 Å². The highest BCUT2D eigenvalue weighted by molar-refractivity contribution is 5.84. The summed E-state index contributed by atoms with van der Waals surface area (Å²) in [7, 11) is 0. The molecule has 1 N–H and O–H groups in total. The number of nitrogens with one attached hydrogen (secondary N) is 1. The van der Waals surface area contributed by atoms with Gasteiger partial charge in [-0.15, -0.1) is 0 Å². The topological polar surface area (TPSA) is 98.1 Å². The van der Waals surface area contributed by atoms with Crippen molar-refractivity contribution in [3.05, 3.63) is 70.4 Å². The van der Waals surface area contributed by atoms with Crippen LogP contribution in [-0.4, -0.2) is 21.1 Å². The number of fused-ring (bicyclic) bond motifs is 2. The van der Waals surface area contributed by atoms with Crippen molar-refractivity contribution in [1.29, 1.82) is 0 Å². The number of hydrogen-bond donors (Lipinski definition) is 1. The van der Waals surface area contributed by atoms with Crippen LogP contribution in [0.3, 0.4) is 0 Å². The van der Waals surface area contributed by atoms with Gasteiger partial charge in [-0.2, -0.15) is 0 Å². The molecule has 0 aliphatic rings. The Morgan fingerprint density at radius 2 is 1.88 bits per heavy atom. The van der Waals surface area contributed by atoms with E-state index in [-0.39, 0.29) is 12.0 Å². The van der Waals surface area contributed by atoms with Crippen molar-refractivity contribution in [3.63, 3.8) is 0 Å². The lowest BCUT2D eigenvalue weighted by Gasteiger charge is -2.12. The van der Waals surface area contributed by atoms with Gasteiger partial charge in [0.15, 0.2) is 17.5 Å². The highest BCUT2D eigenvalue weighted by atomic mass is 16.5. The normalized spacial score (nSPS) is 12.3. The number of rotatable bonds is 4. The Morgan fingerprint density at radius 3 is 2.73 bits per heavy atom. The summed E-state index contributed by atoms with van der Waals surface area (Å²) in [5.41, 5.74) is 1.41. The maximum absolute atomic E-state index is 12.3. The van der Waals surface area contributed by atoms with Gasteiger partial charge in [-0.1, -0.05) is 29.4 Å². The molecule has 0 amide bonds. The fourth-order valence-corrected chi connectivity index (χ4v) is 2.79. The van der Waals surface area contributed by atoms with Crippen LogP contribution in [0, 0.1) is 0 Å². The number of aromatic nitrogens is 3. The zero-order chi connectivity index (χ0) is 18.1. The van der Waals surface area contributed by atoms with Crippen LogP contribution in [0.5, 0.6) is 0 Å². The van der Waals surface area contributed by atoms with E-state index in [1.54, 1.807) is 37.3 Å². The van der Waals surface area contributed by atoms with Crippen LogP contribution < -0.4 is 5.56 Å². The van der Waals surface area contributed by atoms with Crippen LogP contribution in [0.4, 0.5) is 0 Å². The predicted octanol–water partition coefficient (Wildman–Crippen LogP) is 2.91. The maximum Gasteiger partial charge on any atom is 0.312 e. The van der Waals surface area contributed by atoms with Gasteiger partial charge in [0, 0.05) is 5.39 Å². The monoisotopic (exact) mass is 349 g/mol. The Morgan fingerprint density at radius 1 is 1.15 bits per heavy atom. The van der Waals surface area contributed by atoms with Gasteiger partial charge in [-0.3, -0.25) is 9.59 Å². The lowest BCUT2D eigenvalue weighted by atomic mass is 10.2.